The zero-order chi connectivity index (χ0) is 19.5. The van der Waals surface area contributed by atoms with Gasteiger partial charge in [0.15, 0.2) is 0 Å². The Morgan fingerprint density at radius 1 is 1.16 bits per heavy atom. The molecule has 142 valence electrons. The number of sulfonamides is 1. The molecule has 1 N–H and O–H groups in total. The third kappa shape index (κ3) is 7.83. The van der Waals surface area contributed by atoms with E-state index in [1.807, 2.05) is 0 Å². The second kappa shape index (κ2) is 7.70. The molecular weight excluding hydrogens is 347 g/mol. The predicted octanol–water partition coefficient (Wildman–Crippen LogP) is 2.89. The van der Waals surface area contributed by atoms with E-state index in [0.717, 1.165) is 0 Å². The van der Waals surface area contributed by atoms with Gasteiger partial charge in [-0.05, 0) is 52.3 Å². The first kappa shape index (κ1) is 21.4. The Bertz CT molecular complexity index is 694. The lowest BCUT2D eigenvalue weighted by molar-refractivity contribution is 0.0464. The van der Waals surface area contributed by atoms with Crippen molar-refractivity contribution in [2.75, 3.05) is 13.6 Å². The highest BCUT2D eigenvalue weighted by molar-refractivity contribution is 7.88. The Morgan fingerprint density at radius 2 is 1.68 bits per heavy atom. The summed E-state index contributed by atoms with van der Waals surface area (Å²) in [5.74, 6) is -0.663. The molecule has 0 aliphatic carbocycles. The first-order chi connectivity index (χ1) is 11.2. The average Bonchev–Trinajstić information content (AvgIpc) is 2.37. The van der Waals surface area contributed by atoms with E-state index in [2.05, 4.69) is 5.32 Å². The highest BCUT2D eigenvalue weighted by Gasteiger charge is 2.30. The predicted molar refractivity (Wildman–Crippen MR) is 95.1 cm³/mol. The molecule has 0 atom stereocenters. The highest BCUT2D eigenvalue weighted by atomic mass is 32.2. The summed E-state index contributed by atoms with van der Waals surface area (Å²) in [6.07, 6.45) is -0.609. The number of nitrogens with zero attached hydrogens (tertiary/aromatic N) is 1. The van der Waals surface area contributed by atoms with Gasteiger partial charge in [-0.2, -0.15) is 0 Å². The Kier molecular flexibility index (Phi) is 6.58. The van der Waals surface area contributed by atoms with Gasteiger partial charge in [-0.25, -0.2) is 21.9 Å². The lowest BCUT2D eigenvalue weighted by Gasteiger charge is -2.32. The summed E-state index contributed by atoms with van der Waals surface area (Å²) in [5.41, 5.74) is -0.973. The van der Waals surface area contributed by atoms with Gasteiger partial charge in [-0.15, -0.1) is 0 Å². The molecule has 0 heterocycles. The van der Waals surface area contributed by atoms with Crippen molar-refractivity contribution < 1.29 is 22.3 Å². The summed E-state index contributed by atoms with van der Waals surface area (Å²) in [6, 6.07) is 5.31. The molecule has 0 bridgehead atoms. The molecular formula is C17H27FN2O4S. The van der Waals surface area contributed by atoms with Gasteiger partial charge < -0.3 is 10.1 Å². The number of hydrogen-bond donors (Lipinski definition) is 1. The van der Waals surface area contributed by atoms with E-state index in [4.69, 9.17) is 4.74 Å². The van der Waals surface area contributed by atoms with Crippen LogP contribution < -0.4 is 5.32 Å². The zero-order valence-electron chi connectivity index (χ0n) is 15.6. The number of halogens is 1. The molecule has 0 fully saturated rings. The monoisotopic (exact) mass is 374 g/mol. The van der Waals surface area contributed by atoms with Crippen molar-refractivity contribution in [3.63, 3.8) is 0 Å². The van der Waals surface area contributed by atoms with Crippen molar-refractivity contribution in [3.8, 4) is 0 Å². The minimum atomic E-state index is -3.61. The SMILES string of the molecule is CN(CC(C)(C)NC(=O)OC(C)(C)C)S(=O)(=O)Cc1ccc(F)cc1. The number of benzene rings is 1. The quantitative estimate of drug-likeness (QED) is 0.831. The molecule has 0 aliphatic rings. The molecule has 6 nitrogen and oxygen atoms in total. The van der Waals surface area contributed by atoms with Crippen LogP contribution in [0.5, 0.6) is 0 Å². The maximum absolute atomic E-state index is 12.9. The van der Waals surface area contributed by atoms with Crippen molar-refractivity contribution in [1.29, 1.82) is 0 Å². The van der Waals surface area contributed by atoms with Crippen LogP contribution in [0.2, 0.25) is 0 Å². The Hall–Kier alpha value is -1.67. The van der Waals surface area contributed by atoms with E-state index >= 15 is 0 Å². The minimum absolute atomic E-state index is 0.0652. The molecule has 0 saturated heterocycles. The van der Waals surface area contributed by atoms with Gasteiger partial charge in [0, 0.05) is 13.6 Å². The molecule has 0 aromatic heterocycles. The van der Waals surface area contributed by atoms with Crippen LogP contribution in [0.15, 0.2) is 24.3 Å². The number of rotatable bonds is 6. The topological polar surface area (TPSA) is 75.7 Å². The van der Waals surface area contributed by atoms with Gasteiger partial charge >= 0.3 is 6.09 Å². The van der Waals surface area contributed by atoms with Crippen molar-refractivity contribution in [3.05, 3.63) is 35.6 Å². The molecule has 0 spiro atoms. The first-order valence-corrected chi connectivity index (χ1v) is 9.51. The van der Waals surface area contributed by atoms with Crippen molar-refractivity contribution in [2.45, 2.75) is 51.5 Å². The van der Waals surface area contributed by atoms with E-state index in [9.17, 15) is 17.6 Å². The molecule has 0 aliphatic heterocycles. The van der Waals surface area contributed by atoms with Crippen LogP contribution in [-0.4, -0.2) is 43.5 Å². The third-order valence-corrected chi connectivity index (χ3v) is 4.97. The van der Waals surface area contributed by atoms with Crippen molar-refractivity contribution in [2.24, 2.45) is 0 Å². The fourth-order valence-corrected chi connectivity index (χ4v) is 3.53. The second-order valence-electron chi connectivity index (χ2n) is 7.65. The molecule has 1 rings (SSSR count). The fourth-order valence-electron chi connectivity index (χ4n) is 2.18. The summed E-state index contributed by atoms with van der Waals surface area (Å²) in [5, 5.41) is 2.67. The fraction of sp³-hybridized carbons (Fsp3) is 0.588. The van der Waals surface area contributed by atoms with Crippen molar-refractivity contribution >= 4 is 16.1 Å². The van der Waals surface area contributed by atoms with E-state index in [1.165, 1.54) is 35.6 Å². The minimum Gasteiger partial charge on any atom is -0.444 e. The molecule has 25 heavy (non-hydrogen) atoms. The largest absolute Gasteiger partial charge is 0.444 e. The normalized spacial score (nSPS) is 13.0. The van der Waals surface area contributed by atoms with E-state index in [0.29, 0.717) is 5.56 Å². The smallest absolute Gasteiger partial charge is 0.408 e. The van der Waals surface area contributed by atoms with Gasteiger partial charge in [0.25, 0.3) is 0 Å². The standard InChI is InChI=1S/C17H27FN2O4S/c1-16(2,3)24-15(21)19-17(4,5)12-20(6)25(22,23)11-13-7-9-14(18)10-8-13/h7-10H,11-12H2,1-6H3,(H,19,21). The summed E-state index contributed by atoms with van der Waals surface area (Å²) < 4.78 is 44.2. The van der Waals surface area contributed by atoms with Crippen LogP contribution in [0.4, 0.5) is 9.18 Å². The summed E-state index contributed by atoms with van der Waals surface area (Å²) in [6.45, 7) is 8.73. The third-order valence-electron chi connectivity index (χ3n) is 3.19. The number of amides is 1. The molecule has 0 unspecified atom stereocenters. The number of likely N-dealkylation sites (N-methyl/N-ethyl adjacent to an activating group) is 1. The van der Waals surface area contributed by atoms with Crippen molar-refractivity contribution in [1.82, 2.24) is 9.62 Å². The molecule has 1 aromatic rings. The highest BCUT2D eigenvalue weighted by Crippen LogP contribution is 2.15. The molecule has 0 radical (unpaired) electrons. The number of carbonyl (C=O) groups excluding carboxylic acids is 1. The number of alkyl carbamates (subject to hydrolysis) is 1. The van der Waals surface area contributed by atoms with Gasteiger partial charge in [0.05, 0.1) is 11.3 Å². The number of hydrogen-bond acceptors (Lipinski definition) is 4. The van der Waals surface area contributed by atoms with E-state index in [-0.39, 0.29) is 12.3 Å². The maximum atomic E-state index is 12.9. The zero-order valence-corrected chi connectivity index (χ0v) is 16.4. The Balaban J connectivity index is 2.72. The number of ether oxygens (including phenoxy) is 1. The first-order valence-electron chi connectivity index (χ1n) is 7.90. The van der Waals surface area contributed by atoms with Crippen LogP contribution in [0.25, 0.3) is 0 Å². The second-order valence-corrected chi connectivity index (χ2v) is 9.73. The molecule has 8 heteroatoms. The van der Waals surface area contributed by atoms with Crippen LogP contribution in [0.3, 0.4) is 0 Å². The molecule has 0 saturated carbocycles. The average molecular weight is 374 g/mol. The number of nitrogens with one attached hydrogen (secondary N) is 1. The number of carbonyl (C=O) groups is 1. The Morgan fingerprint density at radius 3 is 2.16 bits per heavy atom. The maximum Gasteiger partial charge on any atom is 0.408 e. The van der Waals surface area contributed by atoms with Crippen LogP contribution in [0.1, 0.15) is 40.2 Å². The molecule has 1 aromatic carbocycles. The van der Waals surface area contributed by atoms with E-state index in [1.54, 1.807) is 34.6 Å². The lowest BCUT2D eigenvalue weighted by atomic mass is 10.1. The van der Waals surface area contributed by atoms with Gasteiger partial charge in [-0.1, -0.05) is 12.1 Å². The van der Waals surface area contributed by atoms with Crippen LogP contribution in [-0.2, 0) is 20.5 Å². The molecule has 1 amide bonds. The van der Waals surface area contributed by atoms with Gasteiger partial charge in [0.1, 0.15) is 11.4 Å². The summed E-state index contributed by atoms with van der Waals surface area (Å²) in [4.78, 5) is 11.9. The van der Waals surface area contributed by atoms with Crippen LogP contribution in [0, 0.1) is 5.82 Å². The van der Waals surface area contributed by atoms with E-state index < -0.39 is 33.1 Å². The van der Waals surface area contributed by atoms with Gasteiger partial charge in [0.2, 0.25) is 10.0 Å². The Labute approximate surface area is 149 Å². The van der Waals surface area contributed by atoms with Gasteiger partial charge in [-0.3, -0.25) is 0 Å². The van der Waals surface area contributed by atoms with Crippen LogP contribution >= 0.6 is 0 Å². The lowest BCUT2D eigenvalue weighted by Crippen LogP contribution is -2.53. The summed E-state index contributed by atoms with van der Waals surface area (Å²) in [7, 11) is -2.17. The summed E-state index contributed by atoms with van der Waals surface area (Å²) >= 11 is 0.